The number of aromatic nitrogens is 4. The lowest BCUT2D eigenvalue weighted by molar-refractivity contribution is 0.663. The van der Waals surface area contributed by atoms with Crippen LogP contribution < -0.4 is 5.32 Å². The fourth-order valence-electron chi connectivity index (χ4n) is 2.87. The van der Waals surface area contributed by atoms with Gasteiger partial charge in [0.1, 0.15) is 11.5 Å². The normalized spacial score (nSPS) is 14.7. The van der Waals surface area contributed by atoms with Crippen LogP contribution in [-0.2, 0) is 19.4 Å². The minimum absolute atomic E-state index is 0.786. The van der Waals surface area contributed by atoms with Crippen molar-refractivity contribution >= 4 is 5.82 Å². The number of nitrogens with zero attached hydrogens (tertiary/aromatic N) is 4. The third-order valence-electron chi connectivity index (χ3n) is 3.92. The molecule has 0 saturated heterocycles. The molecule has 1 aliphatic carbocycles. The van der Waals surface area contributed by atoms with Crippen LogP contribution in [0.25, 0.3) is 11.5 Å². The minimum atomic E-state index is 0.786. The first-order valence-electron chi connectivity index (χ1n) is 7.43. The summed E-state index contributed by atoms with van der Waals surface area (Å²) in [6.45, 7) is 2.91. The molecule has 2 aromatic rings. The number of nitrogens with one attached hydrogen (secondary N) is 1. The molecule has 0 spiro atoms. The smallest absolute Gasteiger partial charge is 0.180 e. The van der Waals surface area contributed by atoms with Gasteiger partial charge in [0.15, 0.2) is 5.82 Å². The SMILES string of the molecule is CCn1nccc1-c1nc2c(c(NC)n1)CCCCC2. The van der Waals surface area contributed by atoms with E-state index in [2.05, 4.69) is 17.3 Å². The second-order valence-electron chi connectivity index (χ2n) is 5.16. The van der Waals surface area contributed by atoms with Crippen molar-refractivity contribution in [1.82, 2.24) is 19.7 Å². The summed E-state index contributed by atoms with van der Waals surface area (Å²) >= 11 is 0. The molecular formula is C15H21N5. The molecule has 0 bridgehead atoms. The van der Waals surface area contributed by atoms with Crippen molar-refractivity contribution in [3.63, 3.8) is 0 Å². The largest absolute Gasteiger partial charge is 0.373 e. The third-order valence-corrected chi connectivity index (χ3v) is 3.92. The zero-order valence-electron chi connectivity index (χ0n) is 12.2. The summed E-state index contributed by atoms with van der Waals surface area (Å²) in [5.41, 5.74) is 3.51. The van der Waals surface area contributed by atoms with Crippen molar-refractivity contribution in [2.75, 3.05) is 12.4 Å². The van der Waals surface area contributed by atoms with Crippen molar-refractivity contribution in [2.24, 2.45) is 0 Å². The van der Waals surface area contributed by atoms with Crippen LogP contribution in [-0.4, -0.2) is 26.8 Å². The number of rotatable bonds is 3. The molecule has 0 radical (unpaired) electrons. The highest BCUT2D eigenvalue weighted by Crippen LogP contribution is 2.27. The first-order chi connectivity index (χ1) is 9.83. The van der Waals surface area contributed by atoms with Gasteiger partial charge in [-0.1, -0.05) is 6.42 Å². The van der Waals surface area contributed by atoms with Crippen LogP contribution in [0.5, 0.6) is 0 Å². The second-order valence-corrected chi connectivity index (χ2v) is 5.16. The van der Waals surface area contributed by atoms with Crippen LogP contribution in [0.2, 0.25) is 0 Å². The number of fused-ring (bicyclic) bond motifs is 1. The van der Waals surface area contributed by atoms with E-state index in [1.807, 2.05) is 24.0 Å². The van der Waals surface area contributed by atoms with Crippen molar-refractivity contribution in [3.8, 4) is 11.5 Å². The maximum atomic E-state index is 4.82. The van der Waals surface area contributed by atoms with Gasteiger partial charge >= 0.3 is 0 Å². The Kier molecular flexibility index (Phi) is 3.67. The Labute approximate surface area is 119 Å². The Balaban J connectivity index is 2.11. The van der Waals surface area contributed by atoms with E-state index in [1.54, 1.807) is 0 Å². The quantitative estimate of drug-likeness (QED) is 0.872. The summed E-state index contributed by atoms with van der Waals surface area (Å²) in [6, 6.07) is 1.99. The van der Waals surface area contributed by atoms with Gasteiger partial charge < -0.3 is 5.32 Å². The molecule has 0 atom stereocenters. The Bertz CT molecular complexity index is 602. The number of hydrogen-bond acceptors (Lipinski definition) is 4. The fraction of sp³-hybridized carbons (Fsp3) is 0.533. The monoisotopic (exact) mass is 271 g/mol. The fourth-order valence-corrected chi connectivity index (χ4v) is 2.87. The lowest BCUT2D eigenvalue weighted by atomic mass is 10.1. The molecule has 5 heteroatoms. The summed E-state index contributed by atoms with van der Waals surface area (Å²) in [4.78, 5) is 9.54. The van der Waals surface area contributed by atoms with E-state index in [0.717, 1.165) is 36.7 Å². The van der Waals surface area contributed by atoms with Gasteiger partial charge in [-0.2, -0.15) is 5.10 Å². The van der Waals surface area contributed by atoms with Gasteiger partial charge in [0, 0.05) is 31.0 Å². The highest BCUT2D eigenvalue weighted by Gasteiger charge is 2.18. The topological polar surface area (TPSA) is 55.6 Å². The van der Waals surface area contributed by atoms with E-state index >= 15 is 0 Å². The molecule has 2 aromatic heterocycles. The highest BCUT2D eigenvalue weighted by atomic mass is 15.3. The number of hydrogen-bond donors (Lipinski definition) is 1. The lowest BCUT2D eigenvalue weighted by Crippen LogP contribution is -2.09. The summed E-state index contributed by atoms with van der Waals surface area (Å²) < 4.78 is 1.94. The summed E-state index contributed by atoms with van der Waals surface area (Å²) in [5.74, 6) is 1.77. The maximum Gasteiger partial charge on any atom is 0.180 e. The Morgan fingerprint density at radius 2 is 2.05 bits per heavy atom. The molecule has 0 aliphatic heterocycles. The van der Waals surface area contributed by atoms with Gasteiger partial charge in [-0.3, -0.25) is 4.68 Å². The maximum absolute atomic E-state index is 4.82. The van der Waals surface area contributed by atoms with Gasteiger partial charge in [-0.15, -0.1) is 0 Å². The number of anilines is 1. The molecule has 0 fully saturated rings. The molecule has 0 aromatic carbocycles. The molecule has 0 amide bonds. The molecular weight excluding hydrogens is 250 g/mol. The lowest BCUT2D eigenvalue weighted by Gasteiger charge is -2.13. The predicted octanol–water partition coefficient (Wildman–Crippen LogP) is 2.67. The van der Waals surface area contributed by atoms with E-state index in [-0.39, 0.29) is 0 Å². The first-order valence-corrected chi connectivity index (χ1v) is 7.43. The van der Waals surface area contributed by atoms with Crippen LogP contribution in [0.4, 0.5) is 5.82 Å². The molecule has 0 saturated carbocycles. The van der Waals surface area contributed by atoms with Crippen molar-refractivity contribution in [2.45, 2.75) is 45.6 Å². The molecule has 2 heterocycles. The average molecular weight is 271 g/mol. The molecule has 20 heavy (non-hydrogen) atoms. The van der Waals surface area contributed by atoms with Gasteiger partial charge in [0.2, 0.25) is 0 Å². The van der Waals surface area contributed by atoms with E-state index in [9.17, 15) is 0 Å². The minimum Gasteiger partial charge on any atom is -0.373 e. The van der Waals surface area contributed by atoms with Crippen molar-refractivity contribution in [1.29, 1.82) is 0 Å². The summed E-state index contributed by atoms with van der Waals surface area (Å²) in [5, 5.41) is 7.56. The Morgan fingerprint density at radius 1 is 1.20 bits per heavy atom. The number of aryl methyl sites for hydroxylation is 2. The summed E-state index contributed by atoms with van der Waals surface area (Å²) in [7, 11) is 1.94. The van der Waals surface area contributed by atoms with Crippen LogP contribution in [0, 0.1) is 0 Å². The van der Waals surface area contributed by atoms with Gasteiger partial charge in [-0.05, 0) is 38.7 Å². The highest BCUT2D eigenvalue weighted by molar-refractivity contribution is 5.57. The van der Waals surface area contributed by atoms with Crippen molar-refractivity contribution < 1.29 is 0 Å². The van der Waals surface area contributed by atoms with Crippen LogP contribution >= 0.6 is 0 Å². The second kappa shape index (κ2) is 5.61. The van der Waals surface area contributed by atoms with Crippen LogP contribution in [0.1, 0.15) is 37.4 Å². The summed E-state index contributed by atoms with van der Waals surface area (Å²) in [6.07, 6.45) is 7.68. The van der Waals surface area contributed by atoms with Crippen LogP contribution in [0.15, 0.2) is 12.3 Å². The van der Waals surface area contributed by atoms with Gasteiger partial charge in [0.05, 0.1) is 0 Å². The molecule has 0 unspecified atom stereocenters. The van der Waals surface area contributed by atoms with E-state index < -0.39 is 0 Å². The zero-order chi connectivity index (χ0) is 13.9. The van der Waals surface area contributed by atoms with Crippen LogP contribution in [0.3, 0.4) is 0 Å². The molecule has 5 nitrogen and oxygen atoms in total. The third kappa shape index (κ3) is 2.28. The zero-order valence-corrected chi connectivity index (χ0v) is 12.2. The molecule has 106 valence electrons. The van der Waals surface area contributed by atoms with Gasteiger partial charge in [-0.25, -0.2) is 9.97 Å². The Morgan fingerprint density at radius 3 is 2.85 bits per heavy atom. The average Bonchev–Trinajstić information content (AvgIpc) is 2.83. The molecule has 3 rings (SSSR count). The molecule has 1 N–H and O–H groups in total. The first kappa shape index (κ1) is 13.1. The predicted molar refractivity (Wildman–Crippen MR) is 79.7 cm³/mol. The molecule has 1 aliphatic rings. The van der Waals surface area contributed by atoms with E-state index in [1.165, 1.54) is 30.5 Å². The van der Waals surface area contributed by atoms with E-state index in [0.29, 0.717) is 0 Å². The van der Waals surface area contributed by atoms with E-state index in [4.69, 9.17) is 9.97 Å². The van der Waals surface area contributed by atoms with Crippen molar-refractivity contribution in [3.05, 3.63) is 23.5 Å². The Hall–Kier alpha value is -1.91. The standard InChI is InChI=1S/C15H21N5/c1-3-20-13(9-10-17-20)15-18-12-8-6-4-5-7-11(12)14(16-2)19-15/h9-10H,3-8H2,1-2H3,(H,16,18,19). The van der Waals surface area contributed by atoms with Gasteiger partial charge in [0.25, 0.3) is 0 Å².